The highest BCUT2D eigenvalue weighted by atomic mass is 32.2. The van der Waals surface area contributed by atoms with E-state index in [9.17, 15) is 8.42 Å². The Hall–Kier alpha value is -1.11. The molecule has 0 aliphatic heterocycles. The highest BCUT2D eigenvalue weighted by Gasteiger charge is 2.21. The van der Waals surface area contributed by atoms with Crippen LogP contribution in [0.4, 0.5) is 0 Å². The molecule has 1 aromatic rings. The van der Waals surface area contributed by atoms with Crippen molar-refractivity contribution in [1.29, 1.82) is 0 Å². The van der Waals surface area contributed by atoms with Crippen LogP contribution in [0, 0.1) is 5.92 Å². The van der Waals surface area contributed by atoms with Gasteiger partial charge in [0.05, 0.1) is 4.90 Å². The van der Waals surface area contributed by atoms with Gasteiger partial charge in [0.25, 0.3) is 0 Å². The number of benzene rings is 1. The van der Waals surface area contributed by atoms with Crippen molar-refractivity contribution in [2.45, 2.75) is 31.1 Å². The lowest BCUT2D eigenvalue weighted by Crippen LogP contribution is -2.32. The molecule has 1 aliphatic rings. The van der Waals surface area contributed by atoms with Gasteiger partial charge >= 0.3 is 0 Å². The van der Waals surface area contributed by atoms with Crippen LogP contribution >= 0.6 is 0 Å². The van der Waals surface area contributed by atoms with Gasteiger partial charge < -0.3 is 10.1 Å². The Morgan fingerprint density at radius 1 is 1.24 bits per heavy atom. The SMILES string of the molecule is CCNCCOc1ccc(S(=O)(=O)NCC2CCC2)cc1. The van der Waals surface area contributed by atoms with Gasteiger partial charge in [-0.1, -0.05) is 13.3 Å². The summed E-state index contributed by atoms with van der Waals surface area (Å²) in [5.74, 6) is 1.19. The Morgan fingerprint density at radius 3 is 2.52 bits per heavy atom. The number of rotatable bonds is 9. The van der Waals surface area contributed by atoms with Crippen LogP contribution in [0.1, 0.15) is 26.2 Å². The molecular formula is C15H24N2O3S. The smallest absolute Gasteiger partial charge is 0.240 e. The fourth-order valence-electron chi connectivity index (χ4n) is 2.14. The molecule has 5 nitrogen and oxygen atoms in total. The molecule has 1 aromatic carbocycles. The molecule has 0 radical (unpaired) electrons. The van der Waals surface area contributed by atoms with E-state index >= 15 is 0 Å². The largest absolute Gasteiger partial charge is 0.492 e. The zero-order valence-corrected chi connectivity index (χ0v) is 13.3. The van der Waals surface area contributed by atoms with E-state index < -0.39 is 10.0 Å². The zero-order valence-electron chi connectivity index (χ0n) is 12.5. The highest BCUT2D eigenvalue weighted by Crippen LogP contribution is 2.26. The first-order valence-corrected chi connectivity index (χ1v) is 9.03. The molecule has 0 aromatic heterocycles. The molecule has 2 N–H and O–H groups in total. The molecule has 2 rings (SSSR count). The summed E-state index contributed by atoms with van der Waals surface area (Å²) in [4.78, 5) is 0.292. The van der Waals surface area contributed by atoms with Crippen molar-refractivity contribution in [3.63, 3.8) is 0 Å². The number of hydrogen-bond acceptors (Lipinski definition) is 4. The van der Waals surface area contributed by atoms with E-state index in [1.54, 1.807) is 24.3 Å². The molecule has 0 heterocycles. The average molecular weight is 312 g/mol. The summed E-state index contributed by atoms with van der Waals surface area (Å²) in [5.41, 5.74) is 0. The minimum Gasteiger partial charge on any atom is -0.492 e. The number of ether oxygens (including phenoxy) is 1. The number of sulfonamides is 1. The second kappa shape index (κ2) is 7.77. The summed E-state index contributed by atoms with van der Waals surface area (Å²) in [7, 11) is -3.40. The zero-order chi connectivity index (χ0) is 15.1. The molecule has 1 aliphatic carbocycles. The summed E-state index contributed by atoms with van der Waals surface area (Å²) in [5, 5.41) is 3.16. The molecule has 6 heteroatoms. The Balaban J connectivity index is 1.84. The van der Waals surface area contributed by atoms with Crippen molar-refractivity contribution in [2.24, 2.45) is 5.92 Å². The van der Waals surface area contributed by atoms with E-state index in [-0.39, 0.29) is 0 Å². The number of likely N-dealkylation sites (N-methyl/N-ethyl adjacent to an activating group) is 1. The van der Waals surface area contributed by atoms with E-state index in [0.29, 0.717) is 29.7 Å². The molecule has 1 fully saturated rings. The van der Waals surface area contributed by atoms with Crippen molar-refractivity contribution in [3.8, 4) is 5.75 Å². The van der Waals surface area contributed by atoms with E-state index in [1.165, 1.54) is 6.42 Å². The van der Waals surface area contributed by atoms with Gasteiger partial charge in [0, 0.05) is 13.1 Å². The molecule has 21 heavy (non-hydrogen) atoms. The fourth-order valence-corrected chi connectivity index (χ4v) is 3.26. The van der Waals surface area contributed by atoms with Crippen LogP contribution in [-0.2, 0) is 10.0 Å². The third-order valence-corrected chi connectivity index (χ3v) is 5.16. The van der Waals surface area contributed by atoms with Crippen LogP contribution in [0.25, 0.3) is 0 Å². The van der Waals surface area contributed by atoms with E-state index in [1.807, 2.05) is 6.92 Å². The van der Waals surface area contributed by atoms with Gasteiger partial charge in [-0.2, -0.15) is 0 Å². The van der Waals surface area contributed by atoms with E-state index in [2.05, 4.69) is 10.0 Å². The highest BCUT2D eigenvalue weighted by molar-refractivity contribution is 7.89. The molecule has 0 saturated heterocycles. The van der Waals surface area contributed by atoms with Gasteiger partial charge in [-0.25, -0.2) is 13.1 Å². The van der Waals surface area contributed by atoms with E-state index in [4.69, 9.17) is 4.74 Å². The van der Waals surface area contributed by atoms with Gasteiger partial charge in [-0.3, -0.25) is 0 Å². The number of hydrogen-bond donors (Lipinski definition) is 2. The van der Waals surface area contributed by atoms with Crippen LogP contribution in [0.5, 0.6) is 5.75 Å². The first kappa shape index (κ1) is 16.3. The minimum absolute atomic E-state index is 0.292. The second-order valence-electron chi connectivity index (χ2n) is 5.32. The fraction of sp³-hybridized carbons (Fsp3) is 0.600. The molecule has 118 valence electrons. The van der Waals surface area contributed by atoms with Gasteiger partial charge in [0.2, 0.25) is 10.0 Å². The maximum Gasteiger partial charge on any atom is 0.240 e. The first-order valence-electron chi connectivity index (χ1n) is 7.55. The quantitative estimate of drug-likeness (QED) is 0.682. The third kappa shape index (κ3) is 4.98. The van der Waals surface area contributed by atoms with Gasteiger partial charge in [0.1, 0.15) is 12.4 Å². The van der Waals surface area contributed by atoms with Gasteiger partial charge in [-0.05, 0) is 49.6 Å². The van der Waals surface area contributed by atoms with Gasteiger partial charge in [-0.15, -0.1) is 0 Å². The predicted octanol–water partition coefficient (Wildman–Crippen LogP) is 1.75. The molecule has 1 saturated carbocycles. The van der Waals surface area contributed by atoms with Crippen molar-refractivity contribution >= 4 is 10.0 Å². The Morgan fingerprint density at radius 2 is 1.95 bits per heavy atom. The number of nitrogens with one attached hydrogen (secondary N) is 2. The van der Waals surface area contributed by atoms with Crippen molar-refractivity contribution in [1.82, 2.24) is 10.0 Å². The average Bonchev–Trinajstić information content (AvgIpc) is 2.42. The topological polar surface area (TPSA) is 67.4 Å². The molecule has 0 bridgehead atoms. The van der Waals surface area contributed by atoms with Crippen LogP contribution in [-0.4, -0.2) is 34.7 Å². The van der Waals surface area contributed by atoms with Crippen molar-refractivity contribution in [3.05, 3.63) is 24.3 Å². The maximum atomic E-state index is 12.1. The van der Waals surface area contributed by atoms with Gasteiger partial charge in [0.15, 0.2) is 0 Å². The van der Waals surface area contributed by atoms with Crippen LogP contribution in [0.15, 0.2) is 29.2 Å². The molecule has 0 unspecified atom stereocenters. The van der Waals surface area contributed by atoms with Crippen molar-refractivity contribution < 1.29 is 13.2 Å². The summed E-state index contributed by atoms with van der Waals surface area (Å²) < 4.78 is 32.5. The monoisotopic (exact) mass is 312 g/mol. The maximum absolute atomic E-state index is 12.1. The van der Waals surface area contributed by atoms with Crippen LogP contribution in [0.3, 0.4) is 0 Å². The third-order valence-electron chi connectivity index (χ3n) is 3.72. The van der Waals surface area contributed by atoms with Crippen molar-refractivity contribution in [2.75, 3.05) is 26.2 Å². The molecular weight excluding hydrogens is 288 g/mol. The molecule has 0 amide bonds. The normalized spacial score (nSPS) is 15.7. The first-order chi connectivity index (χ1) is 10.1. The second-order valence-corrected chi connectivity index (χ2v) is 7.09. The predicted molar refractivity (Wildman–Crippen MR) is 83.0 cm³/mol. The lowest BCUT2D eigenvalue weighted by molar-refractivity contribution is 0.315. The van der Waals surface area contributed by atoms with E-state index in [0.717, 1.165) is 25.9 Å². The molecule has 0 spiro atoms. The lowest BCUT2D eigenvalue weighted by Gasteiger charge is -2.25. The molecule has 0 atom stereocenters. The summed E-state index contributed by atoms with van der Waals surface area (Å²) in [6.45, 7) is 4.84. The Kier molecular flexibility index (Phi) is 6.02. The standard InChI is InChI=1S/C15H24N2O3S/c1-2-16-10-11-20-14-6-8-15(9-7-14)21(18,19)17-12-13-4-3-5-13/h6-9,13,16-17H,2-5,10-12H2,1H3. The summed E-state index contributed by atoms with van der Waals surface area (Å²) >= 11 is 0. The Labute approximate surface area is 127 Å². The summed E-state index contributed by atoms with van der Waals surface area (Å²) in [6.07, 6.45) is 3.47. The van der Waals surface area contributed by atoms with Crippen LogP contribution in [0.2, 0.25) is 0 Å². The Bertz CT molecular complexity index is 524. The van der Waals surface area contributed by atoms with Crippen LogP contribution < -0.4 is 14.8 Å². The minimum atomic E-state index is -3.40. The summed E-state index contributed by atoms with van der Waals surface area (Å²) in [6, 6.07) is 6.57. The lowest BCUT2D eigenvalue weighted by atomic mass is 9.86.